The van der Waals surface area contributed by atoms with Crippen LogP contribution < -0.4 is 9.90 Å². The lowest BCUT2D eigenvalue weighted by Crippen LogP contribution is -2.33. The van der Waals surface area contributed by atoms with Gasteiger partial charge in [-0.15, -0.1) is 5.06 Å². The van der Waals surface area contributed by atoms with Crippen molar-refractivity contribution in [3.8, 4) is 5.88 Å². The highest BCUT2D eigenvalue weighted by Gasteiger charge is 2.16. The molecule has 0 spiro atoms. The molecule has 0 aliphatic carbocycles. The van der Waals surface area contributed by atoms with E-state index in [-0.39, 0.29) is 11.7 Å². The summed E-state index contributed by atoms with van der Waals surface area (Å²) in [5, 5.41) is 13.5. The SMILES string of the molecule is CC(=NO)N(Oc1cnc(C)cn1)c1cc(C)cc(C)n1. The summed E-state index contributed by atoms with van der Waals surface area (Å²) < 4.78 is 0. The highest BCUT2D eigenvalue weighted by atomic mass is 16.7. The average molecular weight is 287 g/mol. The Hall–Kier alpha value is -2.70. The molecule has 2 heterocycles. The number of nitrogens with zero attached hydrogens (tertiary/aromatic N) is 5. The van der Waals surface area contributed by atoms with E-state index in [1.807, 2.05) is 32.9 Å². The van der Waals surface area contributed by atoms with Gasteiger partial charge in [0, 0.05) is 12.6 Å². The summed E-state index contributed by atoms with van der Waals surface area (Å²) in [6, 6.07) is 3.77. The summed E-state index contributed by atoms with van der Waals surface area (Å²) in [7, 11) is 0. The second-order valence-electron chi connectivity index (χ2n) is 4.67. The summed E-state index contributed by atoms with van der Waals surface area (Å²) in [6.07, 6.45) is 3.09. The lowest BCUT2D eigenvalue weighted by molar-refractivity contribution is 0.287. The van der Waals surface area contributed by atoms with Crippen LogP contribution >= 0.6 is 0 Å². The lowest BCUT2D eigenvalue weighted by Gasteiger charge is -2.21. The van der Waals surface area contributed by atoms with E-state index in [9.17, 15) is 0 Å². The van der Waals surface area contributed by atoms with Gasteiger partial charge in [0.1, 0.15) is 0 Å². The Balaban J connectivity index is 2.36. The van der Waals surface area contributed by atoms with Crippen LogP contribution in [0.3, 0.4) is 0 Å². The molecule has 0 atom stereocenters. The van der Waals surface area contributed by atoms with Crippen LogP contribution in [0.2, 0.25) is 0 Å². The van der Waals surface area contributed by atoms with Crippen LogP contribution in [0.1, 0.15) is 23.9 Å². The molecule has 0 radical (unpaired) electrons. The lowest BCUT2D eigenvalue weighted by atomic mass is 10.2. The summed E-state index contributed by atoms with van der Waals surface area (Å²) >= 11 is 0. The van der Waals surface area contributed by atoms with E-state index in [1.54, 1.807) is 13.1 Å². The Kier molecular flexibility index (Phi) is 4.32. The standard InChI is InChI=1S/C14H17N5O2/c1-9-5-10(2)17-13(6-9)19(12(4)18-20)21-14-8-15-11(3)7-16-14/h5-8,20H,1-4H3. The summed E-state index contributed by atoms with van der Waals surface area (Å²) in [5.74, 6) is 1.02. The first-order chi connectivity index (χ1) is 9.99. The summed E-state index contributed by atoms with van der Waals surface area (Å²) in [5.41, 5.74) is 2.64. The van der Waals surface area contributed by atoms with Crippen molar-refractivity contribution < 1.29 is 10.0 Å². The van der Waals surface area contributed by atoms with Crippen molar-refractivity contribution in [2.45, 2.75) is 27.7 Å². The number of amidine groups is 1. The summed E-state index contributed by atoms with van der Waals surface area (Å²) in [6.45, 7) is 7.26. The zero-order valence-electron chi connectivity index (χ0n) is 12.4. The number of oxime groups is 1. The van der Waals surface area contributed by atoms with Crippen molar-refractivity contribution in [2.24, 2.45) is 5.16 Å². The van der Waals surface area contributed by atoms with Crippen molar-refractivity contribution >= 4 is 11.7 Å². The smallest absolute Gasteiger partial charge is 0.265 e. The third-order valence-corrected chi connectivity index (χ3v) is 2.67. The number of hydroxylamine groups is 1. The van der Waals surface area contributed by atoms with E-state index in [0.29, 0.717) is 5.82 Å². The second-order valence-corrected chi connectivity index (χ2v) is 4.67. The average Bonchev–Trinajstić information content (AvgIpc) is 2.44. The van der Waals surface area contributed by atoms with Crippen molar-refractivity contribution in [1.82, 2.24) is 15.0 Å². The monoisotopic (exact) mass is 287 g/mol. The predicted molar refractivity (Wildman–Crippen MR) is 78.5 cm³/mol. The molecule has 0 bridgehead atoms. The highest BCUT2D eigenvalue weighted by molar-refractivity contribution is 5.93. The molecule has 0 fully saturated rings. The van der Waals surface area contributed by atoms with Gasteiger partial charge in [-0.05, 0) is 38.5 Å². The molecular formula is C14H17N5O2. The Morgan fingerprint density at radius 1 is 1.14 bits per heavy atom. The number of anilines is 1. The third kappa shape index (κ3) is 3.65. The maximum atomic E-state index is 9.03. The van der Waals surface area contributed by atoms with E-state index in [4.69, 9.17) is 10.0 Å². The zero-order chi connectivity index (χ0) is 15.4. The first-order valence-electron chi connectivity index (χ1n) is 6.40. The van der Waals surface area contributed by atoms with Gasteiger partial charge in [-0.1, -0.05) is 5.16 Å². The van der Waals surface area contributed by atoms with E-state index >= 15 is 0 Å². The molecule has 110 valence electrons. The normalized spacial score (nSPS) is 11.3. The van der Waals surface area contributed by atoms with Crippen LogP contribution in [0.4, 0.5) is 5.82 Å². The largest absolute Gasteiger partial charge is 0.409 e. The molecule has 21 heavy (non-hydrogen) atoms. The summed E-state index contributed by atoms with van der Waals surface area (Å²) in [4.78, 5) is 18.2. The molecule has 7 heteroatoms. The predicted octanol–water partition coefficient (Wildman–Crippen LogP) is 2.40. The molecule has 2 rings (SSSR count). The maximum Gasteiger partial charge on any atom is 0.265 e. The third-order valence-electron chi connectivity index (χ3n) is 2.67. The Labute approximate surface area is 122 Å². The molecule has 0 saturated carbocycles. The maximum absolute atomic E-state index is 9.03. The zero-order valence-corrected chi connectivity index (χ0v) is 12.4. The van der Waals surface area contributed by atoms with Crippen molar-refractivity contribution in [3.05, 3.63) is 41.5 Å². The van der Waals surface area contributed by atoms with Crippen LogP contribution in [0.15, 0.2) is 29.7 Å². The number of hydrogen-bond acceptors (Lipinski definition) is 6. The van der Waals surface area contributed by atoms with Crippen LogP contribution in [0.5, 0.6) is 5.88 Å². The highest BCUT2D eigenvalue weighted by Crippen LogP contribution is 2.17. The van der Waals surface area contributed by atoms with Gasteiger partial charge in [0.15, 0.2) is 11.7 Å². The van der Waals surface area contributed by atoms with Gasteiger partial charge in [-0.2, -0.15) is 0 Å². The Bertz CT molecular complexity index is 635. The van der Waals surface area contributed by atoms with Crippen molar-refractivity contribution in [1.29, 1.82) is 0 Å². The number of rotatable bonds is 3. The van der Waals surface area contributed by atoms with Gasteiger partial charge >= 0.3 is 0 Å². The number of aromatic nitrogens is 3. The first kappa shape index (κ1) is 14.7. The van der Waals surface area contributed by atoms with Crippen molar-refractivity contribution in [3.63, 3.8) is 0 Å². The van der Waals surface area contributed by atoms with Crippen LogP contribution in [-0.4, -0.2) is 26.0 Å². The van der Waals surface area contributed by atoms with Crippen LogP contribution in [-0.2, 0) is 0 Å². The second kappa shape index (κ2) is 6.17. The van der Waals surface area contributed by atoms with Gasteiger partial charge in [0.05, 0.1) is 18.1 Å². The minimum atomic E-state index is 0.231. The van der Waals surface area contributed by atoms with E-state index in [2.05, 4.69) is 20.1 Å². The molecule has 0 unspecified atom stereocenters. The van der Waals surface area contributed by atoms with Gasteiger partial charge in [0.25, 0.3) is 5.88 Å². The molecule has 0 amide bonds. The van der Waals surface area contributed by atoms with Crippen molar-refractivity contribution in [2.75, 3.05) is 5.06 Å². The van der Waals surface area contributed by atoms with Gasteiger partial charge in [-0.3, -0.25) is 4.98 Å². The van der Waals surface area contributed by atoms with Crippen LogP contribution in [0, 0.1) is 20.8 Å². The number of pyridine rings is 1. The molecular weight excluding hydrogens is 270 g/mol. The molecule has 0 aliphatic heterocycles. The fourth-order valence-corrected chi connectivity index (χ4v) is 1.76. The van der Waals surface area contributed by atoms with Crippen LogP contribution in [0.25, 0.3) is 0 Å². The molecule has 0 saturated heterocycles. The quantitative estimate of drug-likeness (QED) is 0.404. The van der Waals surface area contributed by atoms with Gasteiger partial charge in [0.2, 0.25) is 0 Å². The number of hydrogen-bond donors (Lipinski definition) is 1. The molecule has 2 aromatic heterocycles. The fourth-order valence-electron chi connectivity index (χ4n) is 1.76. The Morgan fingerprint density at radius 3 is 2.48 bits per heavy atom. The first-order valence-corrected chi connectivity index (χ1v) is 6.40. The van der Waals surface area contributed by atoms with E-state index in [0.717, 1.165) is 17.0 Å². The minimum absolute atomic E-state index is 0.231. The Morgan fingerprint density at radius 2 is 1.90 bits per heavy atom. The molecule has 1 N–H and O–H groups in total. The minimum Gasteiger partial charge on any atom is -0.409 e. The van der Waals surface area contributed by atoms with E-state index < -0.39 is 0 Å². The topological polar surface area (TPSA) is 83.7 Å². The van der Waals surface area contributed by atoms with Gasteiger partial charge < -0.3 is 10.0 Å². The molecule has 0 aromatic carbocycles. The number of aryl methyl sites for hydroxylation is 3. The fraction of sp³-hybridized carbons (Fsp3) is 0.286. The molecule has 7 nitrogen and oxygen atoms in total. The molecule has 2 aromatic rings. The molecule has 0 aliphatic rings. The van der Waals surface area contributed by atoms with Gasteiger partial charge in [-0.25, -0.2) is 9.97 Å². The van der Waals surface area contributed by atoms with E-state index in [1.165, 1.54) is 11.3 Å².